The zero-order valence-electron chi connectivity index (χ0n) is 11.0. The highest BCUT2D eigenvalue weighted by molar-refractivity contribution is 9.10. The van der Waals surface area contributed by atoms with Gasteiger partial charge in [-0.15, -0.1) is 0 Å². The molecule has 0 saturated heterocycles. The maximum absolute atomic E-state index is 7.44. The van der Waals surface area contributed by atoms with Gasteiger partial charge in [0.2, 0.25) is 0 Å². The third kappa shape index (κ3) is 3.32. The summed E-state index contributed by atoms with van der Waals surface area (Å²) in [5.41, 5.74) is 8.28. The van der Waals surface area contributed by atoms with E-state index in [1.165, 1.54) is 0 Å². The van der Waals surface area contributed by atoms with Gasteiger partial charge in [-0.1, -0.05) is 29.8 Å². The fourth-order valence-electron chi connectivity index (χ4n) is 1.95. The van der Waals surface area contributed by atoms with Crippen LogP contribution in [0, 0.1) is 5.41 Å². The Morgan fingerprint density at radius 1 is 1.30 bits per heavy atom. The molecule has 2 rings (SSSR count). The van der Waals surface area contributed by atoms with E-state index in [2.05, 4.69) is 20.8 Å². The van der Waals surface area contributed by atoms with Crippen LogP contribution in [-0.4, -0.2) is 12.9 Å². The molecule has 0 aliphatic rings. The maximum Gasteiger partial charge on any atom is 0.122 e. The number of anilines is 1. The summed E-state index contributed by atoms with van der Waals surface area (Å²) in [6.45, 7) is 0.706. The Kier molecular flexibility index (Phi) is 4.68. The van der Waals surface area contributed by atoms with Crippen LogP contribution < -0.4 is 10.6 Å². The molecule has 3 nitrogen and oxygen atoms in total. The monoisotopic (exact) mass is 351 g/mol. The van der Waals surface area contributed by atoms with Gasteiger partial charge in [0, 0.05) is 28.7 Å². The number of nitrogen functional groups attached to an aromatic ring is 1. The number of rotatable bonds is 4. The summed E-state index contributed by atoms with van der Waals surface area (Å²) in [6, 6.07) is 13.4. The summed E-state index contributed by atoms with van der Waals surface area (Å²) < 4.78 is 0.903. The molecular weight excluding hydrogens is 338 g/mol. The van der Waals surface area contributed by atoms with E-state index < -0.39 is 0 Å². The number of halogens is 2. The Hall–Kier alpha value is -1.52. The van der Waals surface area contributed by atoms with Crippen molar-refractivity contribution >= 4 is 39.1 Å². The zero-order chi connectivity index (χ0) is 14.7. The molecule has 0 aromatic heterocycles. The van der Waals surface area contributed by atoms with Gasteiger partial charge >= 0.3 is 0 Å². The number of nitrogens with zero attached hydrogens (tertiary/aromatic N) is 1. The molecule has 0 unspecified atom stereocenters. The Bertz CT molecular complexity index is 643. The van der Waals surface area contributed by atoms with Crippen molar-refractivity contribution in [1.82, 2.24) is 0 Å². The van der Waals surface area contributed by atoms with E-state index in [1.54, 1.807) is 0 Å². The molecule has 0 heterocycles. The van der Waals surface area contributed by atoms with Gasteiger partial charge < -0.3 is 10.6 Å². The van der Waals surface area contributed by atoms with Crippen LogP contribution in [0.4, 0.5) is 5.69 Å². The van der Waals surface area contributed by atoms with Crippen molar-refractivity contribution in [2.75, 3.05) is 11.9 Å². The first-order valence-electron chi connectivity index (χ1n) is 6.07. The molecule has 2 aromatic rings. The second-order valence-corrected chi connectivity index (χ2v) is 5.79. The van der Waals surface area contributed by atoms with Crippen LogP contribution in [0.5, 0.6) is 0 Å². The number of benzene rings is 2. The molecule has 0 spiro atoms. The lowest BCUT2D eigenvalue weighted by Gasteiger charge is -2.22. The summed E-state index contributed by atoms with van der Waals surface area (Å²) in [7, 11) is 2.00. The van der Waals surface area contributed by atoms with Crippen LogP contribution in [0.25, 0.3) is 0 Å². The minimum Gasteiger partial charge on any atom is -0.384 e. The van der Waals surface area contributed by atoms with Crippen molar-refractivity contribution in [2.24, 2.45) is 5.73 Å². The summed E-state index contributed by atoms with van der Waals surface area (Å²) >= 11 is 9.70. The average molecular weight is 353 g/mol. The van der Waals surface area contributed by atoms with Crippen molar-refractivity contribution < 1.29 is 0 Å². The zero-order valence-corrected chi connectivity index (χ0v) is 13.4. The van der Waals surface area contributed by atoms with E-state index in [-0.39, 0.29) is 5.84 Å². The van der Waals surface area contributed by atoms with Crippen molar-refractivity contribution in [3.05, 3.63) is 63.1 Å². The van der Waals surface area contributed by atoms with E-state index in [0.29, 0.717) is 12.1 Å². The molecule has 0 aliphatic heterocycles. The van der Waals surface area contributed by atoms with Crippen molar-refractivity contribution in [2.45, 2.75) is 6.54 Å². The standard InChI is InChI=1S/C15H15BrClN3/c1-20(9-11-4-2-3-5-13(11)17)14-7-6-10(15(18)19)8-12(14)16/h2-8H,9H2,1H3,(H3,18,19). The summed E-state index contributed by atoms with van der Waals surface area (Å²) in [6.07, 6.45) is 0. The normalized spacial score (nSPS) is 10.3. The molecule has 0 atom stereocenters. The Morgan fingerprint density at radius 3 is 2.60 bits per heavy atom. The molecule has 0 saturated carbocycles. The smallest absolute Gasteiger partial charge is 0.122 e. The van der Waals surface area contributed by atoms with Gasteiger partial charge in [0.25, 0.3) is 0 Å². The fraction of sp³-hybridized carbons (Fsp3) is 0.133. The van der Waals surface area contributed by atoms with E-state index in [9.17, 15) is 0 Å². The predicted molar refractivity (Wildman–Crippen MR) is 88.7 cm³/mol. The summed E-state index contributed by atoms with van der Waals surface area (Å²) in [5, 5.41) is 8.20. The first-order chi connectivity index (χ1) is 9.49. The van der Waals surface area contributed by atoms with Crippen LogP contribution in [0.2, 0.25) is 5.02 Å². The molecule has 3 N–H and O–H groups in total. The molecule has 5 heteroatoms. The van der Waals surface area contributed by atoms with E-state index in [0.717, 1.165) is 20.7 Å². The molecule has 0 fully saturated rings. The van der Waals surface area contributed by atoms with Gasteiger partial charge in [-0.25, -0.2) is 0 Å². The SMILES string of the molecule is CN(Cc1ccccc1Cl)c1ccc(C(=N)N)cc1Br. The average Bonchev–Trinajstić information content (AvgIpc) is 2.41. The van der Waals surface area contributed by atoms with Crippen LogP contribution in [-0.2, 0) is 6.54 Å². The third-order valence-corrected chi connectivity index (χ3v) is 4.04. The van der Waals surface area contributed by atoms with Crippen molar-refractivity contribution in [1.29, 1.82) is 5.41 Å². The van der Waals surface area contributed by atoms with Gasteiger partial charge in [-0.05, 0) is 45.8 Å². The summed E-state index contributed by atoms with van der Waals surface area (Å²) in [4.78, 5) is 2.09. The molecule has 0 aliphatic carbocycles. The lowest BCUT2D eigenvalue weighted by molar-refractivity contribution is 0.920. The maximum atomic E-state index is 7.44. The highest BCUT2D eigenvalue weighted by Gasteiger charge is 2.09. The van der Waals surface area contributed by atoms with Gasteiger partial charge in [0.05, 0.1) is 5.69 Å². The number of amidine groups is 1. The number of nitrogens with two attached hydrogens (primary N) is 1. The lowest BCUT2D eigenvalue weighted by atomic mass is 10.1. The van der Waals surface area contributed by atoms with Crippen molar-refractivity contribution in [3.8, 4) is 0 Å². The van der Waals surface area contributed by atoms with E-state index in [1.807, 2.05) is 49.5 Å². The predicted octanol–water partition coefficient (Wildman–Crippen LogP) is 4.02. The van der Waals surface area contributed by atoms with E-state index >= 15 is 0 Å². The number of hydrogen-bond acceptors (Lipinski definition) is 2. The van der Waals surface area contributed by atoms with Gasteiger partial charge in [0.1, 0.15) is 5.84 Å². The molecular formula is C15H15BrClN3. The Labute approximate surface area is 132 Å². The van der Waals surface area contributed by atoms with Gasteiger partial charge in [0.15, 0.2) is 0 Å². The second kappa shape index (κ2) is 6.29. The third-order valence-electron chi connectivity index (χ3n) is 3.04. The Morgan fingerprint density at radius 2 is 2.00 bits per heavy atom. The van der Waals surface area contributed by atoms with Crippen LogP contribution in [0.1, 0.15) is 11.1 Å². The summed E-state index contributed by atoms with van der Waals surface area (Å²) in [5.74, 6) is 0.0611. The lowest BCUT2D eigenvalue weighted by Crippen LogP contribution is -2.18. The number of hydrogen-bond donors (Lipinski definition) is 2. The molecule has 2 aromatic carbocycles. The first kappa shape index (κ1) is 14.9. The quantitative estimate of drug-likeness (QED) is 0.645. The molecule has 0 amide bonds. The van der Waals surface area contributed by atoms with Gasteiger partial charge in [-0.3, -0.25) is 5.41 Å². The van der Waals surface area contributed by atoms with Crippen LogP contribution in [0.3, 0.4) is 0 Å². The second-order valence-electron chi connectivity index (χ2n) is 4.53. The highest BCUT2D eigenvalue weighted by Crippen LogP contribution is 2.28. The van der Waals surface area contributed by atoms with E-state index in [4.69, 9.17) is 22.7 Å². The fourth-order valence-corrected chi connectivity index (χ4v) is 2.83. The Balaban J connectivity index is 2.23. The van der Waals surface area contributed by atoms with Gasteiger partial charge in [-0.2, -0.15) is 0 Å². The minimum absolute atomic E-state index is 0.0611. The molecule has 20 heavy (non-hydrogen) atoms. The topological polar surface area (TPSA) is 53.1 Å². The number of nitrogens with one attached hydrogen (secondary N) is 1. The minimum atomic E-state index is 0.0611. The molecule has 104 valence electrons. The van der Waals surface area contributed by atoms with Crippen LogP contribution in [0.15, 0.2) is 46.9 Å². The highest BCUT2D eigenvalue weighted by atomic mass is 79.9. The molecule has 0 radical (unpaired) electrons. The molecule has 0 bridgehead atoms. The van der Waals surface area contributed by atoms with Crippen molar-refractivity contribution in [3.63, 3.8) is 0 Å². The largest absolute Gasteiger partial charge is 0.384 e. The van der Waals surface area contributed by atoms with Crippen LogP contribution >= 0.6 is 27.5 Å². The first-order valence-corrected chi connectivity index (χ1v) is 7.24.